The van der Waals surface area contributed by atoms with E-state index in [9.17, 15) is 12.8 Å². The normalized spacial score (nSPS) is 11.1. The number of nitrogen functional groups attached to an aromatic ring is 1. The van der Waals surface area contributed by atoms with Crippen LogP contribution in [-0.4, -0.2) is 15.5 Å². The zero-order chi connectivity index (χ0) is 14.8. The van der Waals surface area contributed by atoms with Crippen LogP contribution in [0.5, 0.6) is 5.75 Å². The Morgan fingerprint density at radius 1 is 1.20 bits per heavy atom. The fourth-order valence-electron chi connectivity index (χ4n) is 1.67. The van der Waals surface area contributed by atoms with Gasteiger partial charge in [-0.3, -0.25) is 4.72 Å². The first-order chi connectivity index (χ1) is 9.44. The molecule has 106 valence electrons. The van der Waals surface area contributed by atoms with Crippen LogP contribution in [0.3, 0.4) is 0 Å². The fourth-order valence-corrected chi connectivity index (χ4v) is 2.88. The Morgan fingerprint density at radius 3 is 2.55 bits per heavy atom. The van der Waals surface area contributed by atoms with Crippen molar-refractivity contribution in [3.63, 3.8) is 0 Å². The zero-order valence-electron chi connectivity index (χ0n) is 10.6. The quantitative estimate of drug-likeness (QED) is 0.848. The van der Waals surface area contributed by atoms with Gasteiger partial charge >= 0.3 is 0 Å². The van der Waals surface area contributed by atoms with E-state index in [1.165, 1.54) is 25.3 Å². The number of nitrogens with one attached hydrogen (secondary N) is 1. The predicted molar refractivity (Wildman–Crippen MR) is 74.6 cm³/mol. The van der Waals surface area contributed by atoms with Crippen molar-refractivity contribution in [2.24, 2.45) is 0 Å². The van der Waals surface area contributed by atoms with Gasteiger partial charge < -0.3 is 10.5 Å². The summed E-state index contributed by atoms with van der Waals surface area (Å²) in [7, 11) is -2.54. The van der Waals surface area contributed by atoms with E-state index in [0.717, 1.165) is 12.1 Å². The molecule has 7 heteroatoms. The number of sulfonamides is 1. The number of hydrogen-bond donors (Lipinski definition) is 2. The minimum absolute atomic E-state index is 0.0496. The predicted octanol–water partition coefficient (Wildman–Crippen LogP) is 2.22. The number of benzene rings is 2. The smallest absolute Gasteiger partial charge is 0.264 e. The first-order valence-electron chi connectivity index (χ1n) is 5.65. The summed E-state index contributed by atoms with van der Waals surface area (Å²) in [4.78, 5) is -0.0496. The van der Waals surface area contributed by atoms with Crippen molar-refractivity contribution >= 4 is 21.4 Å². The highest BCUT2D eigenvalue weighted by molar-refractivity contribution is 7.92. The van der Waals surface area contributed by atoms with Gasteiger partial charge in [0.15, 0.2) is 0 Å². The number of para-hydroxylation sites is 1. The summed E-state index contributed by atoms with van der Waals surface area (Å²) in [5.74, 6) is -0.438. The molecule has 0 heterocycles. The molecule has 0 aliphatic heterocycles. The van der Waals surface area contributed by atoms with Crippen LogP contribution in [0.25, 0.3) is 0 Å². The summed E-state index contributed by atoms with van der Waals surface area (Å²) < 4.78 is 44.8. The maximum atomic E-state index is 13.1. The molecule has 0 saturated carbocycles. The highest BCUT2D eigenvalue weighted by Crippen LogP contribution is 2.28. The van der Waals surface area contributed by atoms with E-state index in [-0.39, 0.29) is 22.0 Å². The van der Waals surface area contributed by atoms with Crippen LogP contribution in [-0.2, 0) is 10.0 Å². The second-order valence-electron chi connectivity index (χ2n) is 3.99. The van der Waals surface area contributed by atoms with Gasteiger partial charge in [-0.1, -0.05) is 12.1 Å². The third kappa shape index (κ3) is 2.83. The molecule has 0 aliphatic carbocycles. The van der Waals surface area contributed by atoms with Gasteiger partial charge in [-0.15, -0.1) is 0 Å². The first kappa shape index (κ1) is 14.1. The molecule has 2 aromatic rings. The molecule has 5 nitrogen and oxygen atoms in total. The molecule has 0 bridgehead atoms. The van der Waals surface area contributed by atoms with Crippen molar-refractivity contribution in [1.29, 1.82) is 0 Å². The van der Waals surface area contributed by atoms with Gasteiger partial charge in [0, 0.05) is 6.07 Å². The van der Waals surface area contributed by atoms with E-state index in [2.05, 4.69) is 4.72 Å². The minimum Gasteiger partial charge on any atom is -0.494 e. The van der Waals surface area contributed by atoms with Gasteiger partial charge in [-0.25, -0.2) is 12.8 Å². The maximum Gasteiger partial charge on any atom is 0.264 e. The molecule has 0 saturated heterocycles. The Hall–Kier alpha value is -2.28. The number of ether oxygens (including phenoxy) is 1. The molecule has 2 rings (SSSR count). The van der Waals surface area contributed by atoms with Crippen LogP contribution in [0.2, 0.25) is 0 Å². The number of anilines is 2. The van der Waals surface area contributed by atoms with Crippen molar-refractivity contribution in [3.8, 4) is 5.75 Å². The summed E-state index contributed by atoms with van der Waals surface area (Å²) in [6, 6.07) is 9.57. The Bertz CT molecular complexity index is 732. The second kappa shape index (κ2) is 5.38. The molecule has 3 N–H and O–H groups in total. The summed E-state index contributed by atoms with van der Waals surface area (Å²) in [5.41, 5.74) is 5.91. The number of nitrogens with two attached hydrogens (primary N) is 1. The largest absolute Gasteiger partial charge is 0.494 e. The lowest BCUT2D eigenvalue weighted by Gasteiger charge is -2.12. The van der Waals surface area contributed by atoms with Crippen LogP contribution >= 0.6 is 0 Å². The van der Waals surface area contributed by atoms with Gasteiger partial charge in [-0.2, -0.15) is 0 Å². The van der Waals surface area contributed by atoms with Crippen molar-refractivity contribution < 1.29 is 17.5 Å². The van der Waals surface area contributed by atoms with Crippen molar-refractivity contribution in [2.45, 2.75) is 4.90 Å². The molecule has 0 atom stereocenters. The summed E-state index contributed by atoms with van der Waals surface area (Å²) >= 11 is 0. The number of hydrogen-bond acceptors (Lipinski definition) is 4. The lowest BCUT2D eigenvalue weighted by atomic mass is 10.3. The van der Waals surface area contributed by atoms with E-state index in [1.807, 2.05) is 0 Å². The number of rotatable bonds is 4. The molecule has 0 unspecified atom stereocenters. The monoisotopic (exact) mass is 296 g/mol. The summed E-state index contributed by atoms with van der Waals surface area (Å²) in [5, 5.41) is 0. The van der Waals surface area contributed by atoms with Crippen LogP contribution in [0.15, 0.2) is 47.4 Å². The topological polar surface area (TPSA) is 81.4 Å². The average molecular weight is 296 g/mol. The molecule has 0 amide bonds. The average Bonchev–Trinajstić information content (AvgIpc) is 2.41. The number of methoxy groups -OCH3 is 1. The maximum absolute atomic E-state index is 13.1. The molecule has 0 fully saturated rings. The molecule has 0 aromatic heterocycles. The molecule has 0 spiro atoms. The van der Waals surface area contributed by atoms with Crippen LogP contribution in [0, 0.1) is 5.82 Å². The van der Waals surface area contributed by atoms with Gasteiger partial charge in [0.1, 0.15) is 16.5 Å². The number of halogens is 1. The second-order valence-corrected chi connectivity index (χ2v) is 5.64. The van der Waals surface area contributed by atoms with Crippen molar-refractivity contribution in [3.05, 3.63) is 48.3 Å². The molecule has 0 radical (unpaired) electrons. The van der Waals surface area contributed by atoms with Crippen molar-refractivity contribution in [2.75, 3.05) is 17.6 Å². The van der Waals surface area contributed by atoms with Gasteiger partial charge in [-0.05, 0) is 24.3 Å². The third-order valence-corrected chi connectivity index (χ3v) is 4.06. The van der Waals surface area contributed by atoms with Crippen molar-refractivity contribution in [1.82, 2.24) is 0 Å². The first-order valence-corrected chi connectivity index (χ1v) is 7.13. The third-order valence-electron chi connectivity index (χ3n) is 2.62. The Labute approximate surface area is 116 Å². The van der Waals surface area contributed by atoms with Gasteiger partial charge in [0.25, 0.3) is 10.0 Å². The Morgan fingerprint density at radius 2 is 1.90 bits per heavy atom. The molecule has 20 heavy (non-hydrogen) atoms. The highest BCUT2D eigenvalue weighted by Gasteiger charge is 2.19. The van der Waals surface area contributed by atoms with Crippen LogP contribution < -0.4 is 15.2 Å². The minimum atomic E-state index is -3.87. The molecule has 0 aliphatic rings. The van der Waals surface area contributed by atoms with Crippen LogP contribution in [0.4, 0.5) is 15.8 Å². The fraction of sp³-hybridized carbons (Fsp3) is 0.0769. The molecular weight excluding hydrogens is 283 g/mol. The van der Waals surface area contributed by atoms with E-state index < -0.39 is 15.8 Å². The highest BCUT2D eigenvalue weighted by atomic mass is 32.2. The van der Waals surface area contributed by atoms with E-state index in [1.54, 1.807) is 12.1 Å². The Kier molecular flexibility index (Phi) is 3.80. The molecule has 2 aromatic carbocycles. The van der Waals surface area contributed by atoms with Gasteiger partial charge in [0.2, 0.25) is 0 Å². The SMILES string of the molecule is COc1cc(F)ccc1NS(=O)(=O)c1ccccc1N. The van der Waals surface area contributed by atoms with E-state index >= 15 is 0 Å². The summed E-state index contributed by atoms with van der Waals surface area (Å²) in [6.45, 7) is 0. The zero-order valence-corrected chi connectivity index (χ0v) is 11.4. The Balaban J connectivity index is 2.41. The summed E-state index contributed by atoms with van der Waals surface area (Å²) in [6.07, 6.45) is 0. The van der Waals surface area contributed by atoms with E-state index in [4.69, 9.17) is 10.5 Å². The lowest BCUT2D eigenvalue weighted by Crippen LogP contribution is -2.15. The molecular formula is C13H13FN2O3S. The van der Waals surface area contributed by atoms with Gasteiger partial charge in [0.05, 0.1) is 18.5 Å². The lowest BCUT2D eigenvalue weighted by molar-refractivity contribution is 0.413. The van der Waals surface area contributed by atoms with Crippen LogP contribution in [0.1, 0.15) is 0 Å². The standard InChI is InChI=1S/C13H13FN2O3S/c1-19-12-8-9(14)6-7-11(12)16-20(17,18)13-5-3-2-4-10(13)15/h2-8,16H,15H2,1H3. The van der Waals surface area contributed by atoms with E-state index in [0.29, 0.717) is 0 Å².